The highest BCUT2D eigenvalue weighted by Gasteiger charge is 2.16. The molecule has 0 saturated carbocycles. The highest BCUT2D eigenvalue weighted by atomic mass is 32.2. The molecule has 3 rings (SSSR count). The molecule has 0 bridgehead atoms. The molecule has 0 aliphatic heterocycles. The van der Waals surface area contributed by atoms with Gasteiger partial charge >= 0.3 is 6.61 Å². The molecule has 1 amide bonds. The van der Waals surface area contributed by atoms with Gasteiger partial charge in [0.1, 0.15) is 5.75 Å². The number of carbonyl (C=O) groups is 1. The lowest BCUT2D eigenvalue weighted by atomic mass is 10.0. The van der Waals surface area contributed by atoms with Crippen LogP contribution in [0.5, 0.6) is 5.75 Å². The zero-order valence-corrected chi connectivity index (χ0v) is 17.3. The number of alkyl halides is 2. The lowest BCUT2D eigenvalue weighted by molar-refractivity contribution is -0.0503. The zero-order chi connectivity index (χ0) is 22.4. The number of anilines is 2. The van der Waals surface area contributed by atoms with E-state index >= 15 is 0 Å². The third-order valence-corrected chi connectivity index (χ3v) is 4.83. The molecule has 2 N–H and O–H groups in total. The molecule has 3 aromatic rings. The van der Waals surface area contributed by atoms with E-state index < -0.39 is 22.5 Å². The molecule has 3 aromatic carbocycles. The maximum atomic E-state index is 12.8. The molecule has 0 aliphatic rings. The van der Waals surface area contributed by atoms with E-state index in [-0.39, 0.29) is 17.0 Å². The fourth-order valence-electron chi connectivity index (χ4n) is 2.99. The average molecular weight is 446 g/mol. The molecule has 0 fully saturated rings. The van der Waals surface area contributed by atoms with Crippen molar-refractivity contribution in [1.82, 2.24) is 0 Å². The van der Waals surface area contributed by atoms with Crippen LogP contribution in [0, 0.1) is 0 Å². The van der Waals surface area contributed by atoms with Gasteiger partial charge in [-0.3, -0.25) is 9.52 Å². The lowest BCUT2D eigenvalue weighted by Gasteiger charge is -2.14. The minimum Gasteiger partial charge on any atom is -0.435 e. The van der Waals surface area contributed by atoms with Crippen LogP contribution in [0.4, 0.5) is 20.2 Å². The van der Waals surface area contributed by atoms with Gasteiger partial charge < -0.3 is 10.1 Å². The van der Waals surface area contributed by atoms with Crippen LogP contribution in [0.1, 0.15) is 21.5 Å². The molecule has 9 heteroatoms. The monoisotopic (exact) mass is 446 g/mol. The molecule has 0 spiro atoms. The summed E-state index contributed by atoms with van der Waals surface area (Å²) in [5, 5.41) is 2.67. The summed E-state index contributed by atoms with van der Waals surface area (Å²) in [5.74, 6) is -0.545. The van der Waals surface area contributed by atoms with E-state index in [1.807, 2.05) is 30.3 Å². The van der Waals surface area contributed by atoms with Crippen LogP contribution < -0.4 is 14.8 Å². The summed E-state index contributed by atoms with van der Waals surface area (Å²) < 4.78 is 55.6. The quantitative estimate of drug-likeness (QED) is 0.534. The third kappa shape index (κ3) is 6.51. The maximum absolute atomic E-state index is 12.8. The lowest BCUT2D eigenvalue weighted by Crippen LogP contribution is -2.17. The summed E-state index contributed by atoms with van der Waals surface area (Å²) >= 11 is 0. The smallest absolute Gasteiger partial charge is 0.387 e. The summed E-state index contributed by atoms with van der Waals surface area (Å²) in [6, 6.07) is 19.7. The van der Waals surface area contributed by atoms with Crippen LogP contribution in [0.2, 0.25) is 0 Å². The number of hydrogen-bond acceptors (Lipinski definition) is 4. The second-order valence-corrected chi connectivity index (χ2v) is 8.49. The molecule has 6 nitrogen and oxygen atoms in total. The molecule has 0 radical (unpaired) electrons. The summed E-state index contributed by atoms with van der Waals surface area (Å²) in [5.41, 5.74) is 1.95. The Morgan fingerprint density at radius 2 is 1.68 bits per heavy atom. The molecule has 0 aliphatic carbocycles. The zero-order valence-electron chi connectivity index (χ0n) is 16.5. The van der Waals surface area contributed by atoms with Crippen molar-refractivity contribution in [3.05, 3.63) is 89.5 Å². The molecule has 162 valence electrons. The van der Waals surface area contributed by atoms with Crippen LogP contribution in [-0.2, 0) is 16.4 Å². The average Bonchev–Trinajstić information content (AvgIpc) is 2.69. The van der Waals surface area contributed by atoms with Crippen molar-refractivity contribution in [1.29, 1.82) is 0 Å². The molecular weight excluding hydrogens is 426 g/mol. The third-order valence-electron chi connectivity index (χ3n) is 4.24. The fraction of sp³-hybridized carbons (Fsp3) is 0.136. The standard InChI is InChI=1S/C22H20F2N2O4S/c1-31(28,29)26-19-10-6-5-9-18(19)21(27)25-17-11-12-20(30-22(23)24)16(14-17)13-15-7-3-2-4-8-15/h2-12,14,22,26H,13H2,1H3,(H,25,27). The van der Waals surface area contributed by atoms with Gasteiger partial charge in [0.25, 0.3) is 5.91 Å². The Labute approximate surface area is 178 Å². The second kappa shape index (κ2) is 9.57. The van der Waals surface area contributed by atoms with Gasteiger partial charge in [0.2, 0.25) is 10.0 Å². The van der Waals surface area contributed by atoms with E-state index in [1.54, 1.807) is 18.2 Å². The first-order chi connectivity index (χ1) is 14.7. The normalized spacial score (nSPS) is 11.2. The van der Waals surface area contributed by atoms with Crippen LogP contribution >= 0.6 is 0 Å². The van der Waals surface area contributed by atoms with Crippen LogP contribution in [0.3, 0.4) is 0 Å². The number of ether oxygens (including phenoxy) is 1. The van der Waals surface area contributed by atoms with E-state index in [0.29, 0.717) is 17.7 Å². The van der Waals surface area contributed by atoms with Crippen molar-refractivity contribution in [2.45, 2.75) is 13.0 Å². The largest absolute Gasteiger partial charge is 0.435 e. The SMILES string of the molecule is CS(=O)(=O)Nc1ccccc1C(=O)Nc1ccc(OC(F)F)c(Cc2ccccc2)c1. The van der Waals surface area contributed by atoms with Crippen molar-refractivity contribution in [2.75, 3.05) is 16.3 Å². The first-order valence-electron chi connectivity index (χ1n) is 9.21. The number of rotatable bonds is 8. The Morgan fingerprint density at radius 1 is 1.00 bits per heavy atom. The number of benzene rings is 3. The van der Waals surface area contributed by atoms with E-state index in [4.69, 9.17) is 0 Å². The van der Waals surface area contributed by atoms with Crippen molar-refractivity contribution in [3.8, 4) is 5.75 Å². The van der Waals surface area contributed by atoms with Crippen molar-refractivity contribution in [3.63, 3.8) is 0 Å². The molecule has 31 heavy (non-hydrogen) atoms. The van der Waals surface area contributed by atoms with Gasteiger partial charge in [-0.1, -0.05) is 42.5 Å². The van der Waals surface area contributed by atoms with Gasteiger partial charge in [-0.2, -0.15) is 8.78 Å². The highest BCUT2D eigenvalue weighted by Crippen LogP contribution is 2.28. The van der Waals surface area contributed by atoms with Gasteiger partial charge in [0.15, 0.2) is 0 Å². The molecule has 0 atom stereocenters. The van der Waals surface area contributed by atoms with E-state index in [2.05, 4.69) is 14.8 Å². The number of carbonyl (C=O) groups excluding carboxylic acids is 1. The van der Waals surface area contributed by atoms with Crippen LogP contribution in [0.25, 0.3) is 0 Å². The number of amides is 1. The van der Waals surface area contributed by atoms with Gasteiger partial charge in [0, 0.05) is 17.7 Å². The Balaban J connectivity index is 1.88. The summed E-state index contributed by atoms with van der Waals surface area (Å²) in [6.07, 6.45) is 1.30. The number of halogens is 2. The van der Waals surface area contributed by atoms with Crippen molar-refractivity contribution in [2.24, 2.45) is 0 Å². The topological polar surface area (TPSA) is 84.5 Å². The van der Waals surface area contributed by atoms with E-state index in [1.165, 1.54) is 24.3 Å². The van der Waals surface area contributed by atoms with E-state index in [9.17, 15) is 22.0 Å². The number of hydrogen-bond donors (Lipinski definition) is 2. The van der Waals surface area contributed by atoms with Gasteiger partial charge in [-0.05, 0) is 35.9 Å². The van der Waals surface area contributed by atoms with Crippen molar-refractivity contribution >= 4 is 27.3 Å². The van der Waals surface area contributed by atoms with E-state index in [0.717, 1.165) is 11.8 Å². The van der Waals surface area contributed by atoms with Gasteiger partial charge in [-0.25, -0.2) is 8.42 Å². The summed E-state index contributed by atoms with van der Waals surface area (Å²) in [6.45, 7) is -2.98. The first-order valence-corrected chi connectivity index (χ1v) is 11.1. The summed E-state index contributed by atoms with van der Waals surface area (Å²) in [4.78, 5) is 12.8. The minimum absolute atomic E-state index is 0.0102. The van der Waals surface area contributed by atoms with Crippen molar-refractivity contribution < 1.29 is 26.7 Å². The number of para-hydroxylation sites is 1. The van der Waals surface area contributed by atoms with Gasteiger partial charge in [0.05, 0.1) is 17.5 Å². The summed E-state index contributed by atoms with van der Waals surface area (Å²) in [7, 11) is -3.58. The Kier molecular flexibility index (Phi) is 6.86. The molecule has 0 heterocycles. The van der Waals surface area contributed by atoms with Crippen LogP contribution in [-0.4, -0.2) is 27.2 Å². The Hall–Kier alpha value is -3.46. The fourth-order valence-corrected chi connectivity index (χ4v) is 3.57. The number of sulfonamides is 1. The number of nitrogens with one attached hydrogen (secondary N) is 2. The highest BCUT2D eigenvalue weighted by molar-refractivity contribution is 7.92. The maximum Gasteiger partial charge on any atom is 0.387 e. The first kappa shape index (κ1) is 22.2. The molecule has 0 unspecified atom stereocenters. The molecular formula is C22H20F2N2O4S. The Bertz CT molecular complexity index is 1170. The predicted octanol–water partition coefficient (Wildman–Crippen LogP) is 4.50. The van der Waals surface area contributed by atoms with Crippen LogP contribution in [0.15, 0.2) is 72.8 Å². The van der Waals surface area contributed by atoms with Gasteiger partial charge in [-0.15, -0.1) is 0 Å². The molecule has 0 aromatic heterocycles. The minimum atomic E-state index is -3.58. The molecule has 0 saturated heterocycles. The Morgan fingerprint density at radius 3 is 2.35 bits per heavy atom. The predicted molar refractivity (Wildman–Crippen MR) is 115 cm³/mol. The second-order valence-electron chi connectivity index (χ2n) is 6.74.